The van der Waals surface area contributed by atoms with Crippen LogP contribution in [0, 0.1) is 0 Å². The molecule has 0 atom stereocenters. The maximum absolute atomic E-state index is 11.7. The summed E-state index contributed by atoms with van der Waals surface area (Å²) in [5.74, 6) is -1.37. The fourth-order valence-electron chi connectivity index (χ4n) is 1.24. The number of pyridine rings is 1. The quantitative estimate of drug-likeness (QED) is 0.474. The molecule has 0 aliphatic rings. The Morgan fingerprint density at radius 1 is 1.43 bits per heavy atom. The third kappa shape index (κ3) is 5.32. The molecule has 2 heterocycles. The number of carbonyl (C=O) groups is 2. The first-order valence-electron chi connectivity index (χ1n) is 5.70. The maximum Gasteiger partial charge on any atom is 0.313 e. The Hall–Kier alpha value is -2.26. The van der Waals surface area contributed by atoms with Crippen molar-refractivity contribution >= 4 is 46.2 Å². The van der Waals surface area contributed by atoms with Crippen molar-refractivity contribution in [2.75, 3.05) is 11.1 Å². The highest BCUT2D eigenvalue weighted by molar-refractivity contribution is 8.01. The van der Waals surface area contributed by atoms with Gasteiger partial charge >= 0.3 is 5.97 Å². The molecule has 0 saturated carbocycles. The summed E-state index contributed by atoms with van der Waals surface area (Å²) >= 11 is 2.18. The molecule has 2 aromatic rings. The molecule has 0 aliphatic carbocycles. The van der Waals surface area contributed by atoms with Crippen LogP contribution in [-0.4, -0.2) is 37.9 Å². The van der Waals surface area contributed by atoms with Crippen LogP contribution >= 0.6 is 23.1 Å². The van der Waals surface area contributed by atoms with E-state index in [0.29, 0.717) is 9.47 Å². The molecule has 0 radical (unpaired) electrons. The van der Waals surface area contributed by atoms with E-state index in [0.717, 1.165) is 28.7 Å². The number of anilines is 1. The number of aliphatic carboxylic acids is 1. The van der Waals surface area contributed by atoms with Crippen LogP contribution in [0.15, 0.2) is 34.9 Å². The number of carboxylic acids is 1. The molecule has 2 N–H and O–H groups in total. The van der Waals surface area contributed by atoms with Crippen molar-refractivity contribution < 1.29 is 14.7 Å². The summed E-state index contributed by atoms with van der Waals surface area (Å²) in [4.78, 5) is 26.0. The number of hydrogen-bond acceptors (Lipinski definition) is 7. The third-order valence-corrected chi connectivity index (χ3v) is 4.02. The molecule has 2 aromatic heterocycles. The first-order chi connectivity index (χ1) is 10.1. The van der Waals surface area contributed by atoms with Crippen molar-refractivity contribution in [1.82, 2.24) is 15.2 Å². The third-order valence-electron chi connectivity index (χ3n) is 2.07. The van der Waals surface area contributed by atoms with Gasteiger partial charge in [0, 0.05) is 18.5 Å². The lowest BCUT2D eigenvalue weighted by Gasteiger charge is -1.94. The van der Waals surface area contributed by atoms with E-state index in [1.54, 1.807) is 24.5 Å². The largest absolute Gasteiger partial charge is 0.481 e. The van der Waals surface area contributed by atoms with Crippen LogP contribution < -0.4 is 5.32 Å². The van der Waals surface area contributed by atoms with Crippen LogP contribution in [-0.2, 0) is 9.59 Å². The average molecular weight is 322 g/mol. The minimum atomic E-state index is -0.930. The molecule has 0 unspecified atom stereocenters. The van der Waals surface area contributed by atoms with E-state index in [4.69, 9.17) is 5.11 Å². The normalized spacial score (nSPS) is 10.7. The molecule has 9 heteroatoms. The van der Waals surface area contributed by atoms with Gasteiger partial charge in [-0.25, -0.2) is 0 Å². The Bertz CT molecular complexity index is 658. The lowest BCUT2D eigenvalue weighted by Crippen LogP contribution is -2.07. The summed E-state index contributed by atoms with van der Waals surface area (Å²) < 4.78 is 0.490. The number of aromatic nitrogens is 3. The van der Waals surface area contributed by atoms with E-state index in [9.17, 15) is 9.59 Å². The van der Waals surface area contributed by atoms with Crippen molar-refractivity contribution in [3.05, 3.63) is 36.2 Å². The molecule has 108 valence electrons. The molecule has 0 aromatic carbocycles. The van der Waals surface area contributed by atoms with Crippen molar-refractivity contribution in [1.29, 1.82) is 0 Å². The Balaban J connectivity index is 1.88. The van der Waals surface area contributed by atoms with Crippen LogP contribution in [0.1, 0.15) is 5.56 Å². The topological polar surface area (TPSA) is 105 Å². The summed E-state index contributed by atoms with van der Waals surface area (Å²) in [7, 11) is 0. The van der Waals surface area contributed by atoms with Gasteiger partial charge in [-0.2, -0.15) is 0 Å². The summed E-state index contributed by atoms with van der Waals surface area (Å²) in [6.45, 7) is 0. The lowest BCUT2D eigenvalue weighted by molar-refractivity contribution is -0.133. The zero-order chi connectivity index (χ0) is 15.1. The SMILES string of the molecule is O=C(O)CSc1nnc(NC(=O)C=Cc2cccnc2)s1. The van der Waals surface area contributed by atoms with Gasteiger partial charge in [0.2, 0.25) is 11.0 Å². The van der Waals surface area contributed by atoms with Crippen LogP contribution in [0.2, 0.25) is 0 Å². The van der Waals surface area contributed by atoms with Crippen molar-refractivity contribution in [2.24, 2.45) is 0 Å². The van der Waals surface area contributed by atoms with Crippen LogP contribution in [0.5, 0.6) is 0 Å². The molecule has 1 amide bonds. The Kier molecular flexibility index (Phi) is 5.41. The van der Waals surface area contributed by atoms with Gasteiger partial charge in [0.25, 0.3) is 0 Å². The predicted octanol–water partition coefficient (Wildman–Crippen LogP) is 1.76. The van der Waals surface area contributed by atoms with Crippen LogP contribution in [0.25, 0.3) is 6.08 Å². The fraction of sp³-hybridized carbons (Fsp3) is 0.0833. The fourth-order valence-corrected chi connectivity index (χ4v) is 2.71. The summed E-state index contributed by atoms with van der Waals surface area (Å²) in [6, 6.07) is 3.59. The minimum Gasteiger partial charge on any atom is -0.481 e. The van der Waals surface area contributed by atoms with E-state index in [1.165, 1.54) is 6.08 Å². The van der Waals surface area contributed by atoms with E-state index >= 15 is 0 Å². The average Bonchev–Trinajstić information content (AvgIpc) is 2.91. The number of nitrogens with zero attached hydrogens (tertiary/aromatic N) is 3. The molecule has 0 saturated heterocycles. The smallest absolute Gasteiger partial charge is 0.313 e. The number of hydrogen-bond donors (Lipinski definition) is 2. The molecule has 0 fully saturated rings. The van der Waals surface area contributed by atoms with Gasteiger partial charge in [-0.3, -0.25) is 19.9 Å². The standard InChI is InChI=1S/C12H10N4O3S2/c17-9(4-3-8-2-1-5-13-6-8)14-11-15-16-12(21-11)20-7-10(18)19/h1-6H,7H2,(H,18,19)(H,14,15,17). The predicted molar refractivity (Wildman–Crippen MR) is 80.2 cm³/mol. The Morgan fingerprint density at radius 2 is 2.29 bits per heavy atom. The molecule has 0 aliphatic heterocycles. The van der Waals surface area contributed by atoms with Gasteiger partial charge in [-0.05, 0) is 17.7 Å². The first kappa shape index (κ1) is 15.1. The van der Waals surface area contributed by atoms with Crippen molar-refractivity contribution in [3.63, 3.8) is 0 Å². The second-order valence-electron chi connectivity index (χ2n) is 3.66. The van der Waals surface area contributed by atoms with Gasteiger partial charge in [-0.1, -0.05) is 29.2 Å². The number of rotatable bonds is 6. The van der Waals surface area contributed by atoms with E-state index in [2.05, 4.69) is 20.5 Å². The van der Waals surface area contributed by atoms with Crippen LogP contribution in [0.4, 0.5) is 5.13 Å². The number of carboxylic acid groups (broad SMARTS) is 1. The zero-order valence-corrected chi connectivity index (χ0v) is 12.2. The molecular formula is C12H10N4O3S2. The van der Waals surface area contributed by atoms with Gasteiger partial charge in [0.05, 0.1) is 5.75 Å². The summed E-state index contributed by atoms with van der Waals surface area (Å²) in [6.07, 6.45) is 6.27. The maximum atomic E-state index is 11.7. The highest BCUT2D eigenvalue weighted by Crippen LogP contribution is 2.25. The second-order valence-corrected chi connectivity index (χ2v) is 5.86. The van der Waals surface area contributed by atoms with E-state index < -0.39 is 5.97 Å². The number of nitrogens with one attached hydrogen (secondary N) is 1. The van der Waals surface area contributed by atoms with Gasteiger partial charge in [0.1, 0.15) is 0 Å². The van der Waals surface area contributed by atoms with Crippen molar-refractivity contribution in [3.8, 4) is 0 Å². The minimum absolute atomic E-state index is 0.0938. The molecule has 0 spiro atoms. The van der Waals surface area contributed by atoms with Crippen LogP contribution in [0.3, 0.4) is 0 Å². The molecule has 0 bridgehead atoms. The van der Waals surface area contributed by atoms with Gasteiger partial charge in [0.15, 0.2) is 4.34 Å². The summed E-state index contributed by atoms with van der Waals surface area (Å²) in [5.41, 5.74) is 0.808. The first-order valence-corrected chi connectivity index (χ1v) is 7.51. The Labute approximate surface area is 128 Å². The van der Waals surface area contributed by atoms with Gasteiger partial charge < -0.3 is 5.11 Å². The molecule has 21 heavy (non-hydrogen) atoms. The van der Waals surface area contributed by atoms with Crippen molar-refractivity contribution in [2.45, 2.75) is 4.34 Å². The molecular weight excluding hydrogens is 312 g/mol. The molecule has 7 nitrogen and oxygen atoms in total. The number of carbonyl (C=O) groups excluding carboxylic acids is 1. The number of thioether (sulfide) groups is 1. The molecule has 2 rings (SSSR count). The second kappa shape index (κ2) is 7.50. The van der Waals surface area contributed by atoms with E-state index in [1.807, 2.05) is 6.07 Å². The van der Waals surface area contributed by atoms with Gasteiger partial charge in [-0.15, -0.1) is 10.2 Å². The lowest BCUT2D eigenvalue weighted by atomic mass is 10.2. The highest BCUT2D eigenvalue weighted by Gasteiger charge is 2.08. The monoisotopic (exact) mass is 322 g/mol. The highest BCUT2D eigenvalue weighted by atomic mass is 32.2. The Morgan fingerprint density at radius 3 is 3.00 bits per heavy atom. The number of amides is 1. The van der Waals surface area contributed by atoms with E-state index in [-0.39, 0.29) is 11.7 Å². The zero-order valence-electron chi connectivity index (χ0n) is 10.6. The summed E-state index contributed by atoms with van der Waals surface area (Å²) in [5, 5.41) is 19.0.